The Morgan fingerprint density at radius 2 is 2.05 bits per heavy atom. The first-order valence-corrected chi connectivity index (χ1v) is 8.93. The van der Waals surface area contributed by atoms with Crippen LogP contribution in [-0.2, 0) is 11.2 Å². The van der Waals surface area contributed by atoms with Gasteiger partial charge in [-0.15, -0.1) is 0 Å². The third-order valence-electron chi connectivity index (χ3n) is 4.28. The highest BCUT2D eigenvalue weighted by Crippen LogP contribution is 2.24. The Balaban J connectivity index is 1.49. The van der Waals surface area contributed by atoms with Gasteiger partial charge in [-0.25, -0.2) is 0 Å². The van der Waals surface area contributed by atoms with Gasteiger partial charge in [0.05, 0.1) is 23.8 Å². The maximum atomic E-state index is 8.96. The van der Waals surface area contributed by atoms with Gasteiger partial charge in [0.2, 0.25) is 0 Å². The zero-order valence-corrected chi connectivity index (χ0v) is 13.1. The molecule has 0 radical (unpaired) electrons. The molecule has 0 amide bonds. The molecule has 0 spiro atoms. The van der Waals surface area contributed by atoms with E-state index in [0.29, 0.717) is 12.2 Å². The lowest BCUT2D eigenvalue weighted by Gasteiger charge is -2.28. The topological polar surface area (TPSA) is 36.3 Å². The number of ether oxygens (including phenoxy) is 1. The molecule has 2 atom stereocenters. The second-order valence-electron chi connectivity index (χ2n) is 5.89. The van der Waals surface area contributed by atoms with E-state index in [1.54, 1.807) is 0 Å². The first-order chi connectivity index (χ1) is 10.3. The van der Waals surface area contributed by atoms with Crippen LogP contribution >= 0.6 is 11.8 Å². The van der Waals surface area contributed by atoms with Gasteiger partial charge >= 0.3 is 0 Å². The smallest absolute Gasteiger partial charge is 0.0991 e. The fourth-order valence-corrected chi connectivity index (χ4v) is 4.15. The average Bonchev–Trinajstić information content (AvgIpc) is 2.95. The van der Waals surface area contributed by atoms with Gasteiger partial charge in [-0.2, -0.15) is 17.0 Å². The molecule has 0 bridgehead atoms. The molecule has 2 heterocycles. The van der Waals surface area contributed by atoms with E-state index in [4.69, 9.17) is 10.00 Å². The molecule has 21 heavy (non-hydrogen) atoms. The number of hydrogen-bond donors (Lipinski definition) is 0. The van der Waals surface area contributed by atoms with E-state index in [0.717, 1.165) is 24.9 Å². The number of thioether (sulfide) groups is 1. The maximum absolute atomic E-state index is 8.96. The third-order valence-corrected chi connectivity index (χ3v) is 5.22. The number of benzene rings is 1. The van der Waals surface area contributed by atoms with Crippen LogP contribution in [0.2, 0.25) is 0 Å². The van der Waals surface area contributed by atoms with Crippen molar-refractivity contribution in [1.29, 1.82) is 5.26 Å². The minimum atomic E-state index is 0.322. The van der Waals surface area contributed by atoms with E-state index in [2.05, 4.69) is 28.8 Å². The van der Waals surface area contributed by atoms with Crippen molar-refractivity contribution in [3.05, 3.63) is 35.4 Å². The molecule has 3 nitrogen and oxygen atoms in total. The molecule has 0 unspecified atom stereocenters. The molecule has 0 N–H and O–H groups in total. The van der Waals surface area contributed by atoms with E-state index in [1.165, 1.54) is 36.6 Å². The summed E-state index contributed by atoms with van der Waals surface area (Å²) in [4.78, 5) is 2.54. The maximum Gasteiger partial charge on any atom is 0.0991 e. The zero-order chi connectivity index (χ0) is 14.5. The van der Waals surface area contributed by atoms with E-state index in [-0.39, 0.29) is 0 Å². The van der Waals surface area contributed by atoms with Crippen LogP contribution in [0.15, 0.2) is 24.3 Å². The van der Waals surface area contributed by atoms with Crippen molar-refractivity contribution in [2.24, 2.45) is 0 Å². The molecule has 0 saturated carbocycles. The Kier molecular flexibility index (Phi) is 5.18. The summed E-state index contributed by atoms with van der Waals surface area (Å²) in [5, 5.41) is 8.96. The fourth-order valence-electron chi connectivity index (χ4n) is 3.17. The molecule has 1 aromatic rings. The summed E-state index contributed by atoms with van der Waals surface area (Å²) in [6.45, 7) is 3.51. The predicted octanol–water partition coefficient (Wildman–Crippen LogP) is 2.70. The van der Waals surface area contributed by atoms with Crippen LogP contribution in [0.25, 0.3) is 0 Å². The van der Waals surface area contributed by atoms with Crippen LogP contribution in [0.4, 0.5) is 0 Å². The van der Waals surface area contributed by atoms with Crippen molar-refractivity contribution in [3.63, 3.8) is 0 Å². The molecule has 1 aromatic carbocycles. The van der Waals surface area contributed by atoms with Gasteiger partial charge in [-0.3, -0.25) is 4.90 Å². The number of nitriles is 1. The first kappa shape index (κ1) is 14.9. The summed E-state index contributed by atoms with van der Waals surface area (Å²) in [7, 11) is 0. The van der Waals surface area contributed by atoms with Crippen LogP contribution in [0.3, 0.4) is 0 Å². The van der Waals surface area contributed by atoms with Crippen LogP contribution in [0, 0.1) is 11.3 Å². The van der Waals surface area contributed by atoms with Crippen molar-refractivity contribution >= 4 is 11.8 Å². The largest absolute Gasteiger partial charge is 0.373 e. The highest BCUT2D eigenvalue weighted by Gasteiger charge is 2.27. The monoisotopic (exact) mass is 302 g/mol. The molecule has 0 aromatic heterocycles. The lowest BCUT2D eigenvalue weighted by atomic mass is 10.0. The Morgan fingerprint density at radius 3 is 2.86 bits per heavy atom. The SMILES string of the molecule is N#Cc1cccc(C[C@@H]2CC[C@H](CN3CCSCC3)O2)c1. The van der Waals surface area contributed by atoms with Crippen LogP contribution in [-0.4, -0.2) is 48.2 Å². The number of nitrogens with zero attached hydrogens (tertiary/aromatic N) is 2. The van der Waals surface area contributed by atoms with Crippen molar-refractivity contribution in [2.45, 2.75) is 31.5 Å². The Morgan fingerprint density at radius 1 is 1.24 bits per heavy atom. The molecule has 112 valence electrons. The zero-order valence-electron chi connectivity index (χ0n) is 12.3. The van der Waals surface area contributed by atoms with Crippen molar-refractivity contribution < 1.29 is 4.74 Å². The highest BCUT2D eigenvalue weighted by atomic mass is 32.2. The standard InChI is InChI=1S/C17H22N2OS/c18-12-15-3-1-2-14(10-15)11-16-4-5-17(20-16)13-19-6-8-21-9-7-19/h1-3,10,16-17H,4-9,11,13H2/t16-,17+/m0/s1. The average molecular weight is 302 g/mol. The second kappa shape index (κ2) is 7.31. The van der Waals surface area contributed by atoms with E-state index >= 15 is 0 Å². The van der Waals surface area contributed by atoms with Gasteiger partial charge < -0.3 is 4.74 Å². The molecule has 4 heteroatoms. The minimum Gasteiger partial charge on any atom is -0.373 e. The van der Waals surface area contributed by atoms with E-state index in [1.807, 2.05) is 18.2 Å². The second-order valence-corrected chi connectivity index (χ2v) is 7.11. The molecular weight excluding hydrogens is 280 g/mol. The molecular formula is C17H22N2OS. The minimum absolute atomic E-state index is 0.322. The van der Waals surface area contributed by atoms with Gasteiger partial charge in [0, 0.05) is 31.1 Å². The molecule has 0 aliphatic carbocycles. The summed E-state index contributed by atoms with van der Waals surface area (Å²) in [5.41, 5.74) is 1.96. The van der Waals surface area contributed by atoms with Crippen LogP contribution in [0.5, 0.6) is 0 Å². The van der Waals surface area contributed by atoms with Crippen LogP contribution in [0.1, 0.15) is 24.0 Å². The molecule has 2 aliphatic heterocycles. The lowest BCUT2D eigenvalue weighted by Crippen LogP contribution is -2.38. The summed E-state index contributed by atoms with van der Waals surface area (Å²) < 4.78 is 6.21. The van der Waals surface area contributed by atoms with Crippen molar-refractivity contribution in [2.75, 3.05) is 31.1 Å². The van der Waals surface area contributed by atoms with Gasteiger partial charge in [0.25, 0.3) is 0 Å². The van der Waals surface area contributed by atoms with Crippen LogP contribution < -0.4 is 0 Å². The highest BCUT2D eigenvalue weighted by molar-refractivity contribution is 7.99. The lowest BCUT2D eigenvalue weighted by molar-refractivity contribution is 0.0251. The fraction of sp³-hybridized carbons (Fsp3) is 0.588. The van der Waals surface area contributed by atoms with Crippen molar-refractivity contribution in [3.8, 4) is 6.07 Å². The summed E-state index contributed by atoms with van der Waals surface area (Å²) >= 11 is 2.05. The van der Waals surface area contributed by atoms with Gasteiger partial charge in [0.15, 0.2) is 0 Å². The molecule has 2 aliphatic rings. The Bertz CT molecular complexity index is 508. The molecule has 2 saturated heterocycles. The summed E-state index contributed by atoms with van der Waals surface area (Å²) in [5.74, 6) is 2.52. The van der Waals surface area contributed by atoms with Gasteiger partial charge in [-0.1, -0.05) is 12.1 Å². The van der Waals surface area contributed by atoms with E-state index in [9.17, 15) is 0 Å². The number of hydrogen-bond acceptors (Lipinski definition) is 4. The molecule has 3 rings (SSSR count). The normalized spacial score (nSPS) is 26.6. The van der Waals surface area contributed by atoms with Crippen molar-refractivity contribution in [1.82, 2.24) is 4.90 Å². The van der Waals surface area contributed by atoms with Gasteiger partial charge in [-0.05, 0) is 37.0 Å². The van der Waals surface area contributed by atoms with Gasteiger partial charge in [0.1, 0.15) is 0 Å². The van der Waals surface area contributed by atoms with E-state index < -0.39 is 0 Å². The molecule has 2 fully saturated rings. The Hall–Kier alpha value is -1.02. The summed E-state index contributed by atoms with van der Waals surface area (Å²) in [6.07, 6.45) is 3.97. The third kappa shape index (κ3) is 4.23. The first-order valence-electron chi connectivity index (χ1n) is 7.78. The predicted molar refractivity (Wildman–Crippen MR) is 86.5 cm³/mol. The summed E-state index contributed by atoms with van der Waals surface area (Å²) in [6, 6.07) is 10.1. The Labute approximate surface area is 131 Å². The quantitative estimate of drug-likeness (QED) is 0.857. The number of rotatable bonds is 4.